The third kappa shape index (κ3) is 5.08. The van der Waals surface area contributed by atoms with Crippen LogP contribution in [0.1, 0.15) is 11.1 Å². The van der Waals surface area contributed by atoms with Gasteiger partial charge in [-0.15, -0.1) is 0 Å². The fourth-order valence-corrected chi connectivity index (χ4v) is 2.79. The summed E-state index contributed by atoms with van der Waals surface area (Å²) in [6.07, 6.45) is 1.32. The largest absolute Gasteiger partial charge is 0.488 e. The summed E-state index contributed by atoms with van der Waals surface area (Å²) in [6, 6.07) is 13.9. The highest BCUT2D eigenvalue weighted by Crippen LogP contribution is 2.27. The van der Waals surface area contributed by atoms with Gasteiger partial charge in [0.15, 0.2) is 0 Å². The average molecular weight is 362 g/mol. The number of hydrogen-bond donors (Lipinski definition) is 2. The van der Waals surface area contributed by atoms with Gasteiger partial charge in [0.25, 0.3) is 0 Å². The summed E-state index contributed by atoms with van der Waals surface area (Å²) in [6.45, 7) is -1.96. The van der Waals surface area contributed by atoms with E-state index in [0.717, 1.165) is 23.3 Å². The molecular weight excluding hydrogens is 342 g/mol. The number of fused-ring (bicyclic) bond motifs is 1. The highest BCUT2D eigenvalue weighted by atomic mass is 19.3. The van der Waals surface area contributed by atoms with Crippen molar-refractivity contribution in [2.75, 3.05) is 13.1 Å². The molecule has 1 unspecified atom stereocenters. The molecule has 0 aliphatic carbocycles. The third-order valence-corrected chi connectivity index (χ3v) is 4.05. The highest BCUT2D eigenvalue weighted by molar-refractivity contribution is 5.73. The lowest BCUT2D eigenvalue weighted by atomic mass is 10.1. The molecular formula is C19H20F2N2O3. The summed E-state index contributed by atoms with van der Waals surface area (Å²) in [5.41, 5.74) is 2.07. The zero-order valence-electron chi connectivity index (χ0n) is 14.1. The van der Waals surface area contributed by atoms with Gasteiger partial charge < -0.3 is 20.1 Å². The number of carbonyl (C=O) groups excluding carboxylic acids is 1. The summed E-state index contributed by atoms with van der Waals surface area (Å²) in [5, 5.41) is 5.56. The van der Waals surface area contributed by atoms with E-state index in [0.29, 0.717) is 19.5 Å². The number of amides is 2. The predicted octanol–water partition coefficient (Wildman–Crippen LogP) is 3.13. The van der Waals surface area contributed by atoms with Gasteiger partial charge in [0.1, 0.15) is 17.6 Å². The highest BCUT2D eigenvalue weighted by Gasteiger charge is 2.22. The molecule has 0 spiro atoms. The van der Waals surface area contributed by atoms with Crippen LogP contribution in [0.15, 0.2) is 48.5 Å². The molecule has 0 fully saturated rings. The van der Waals surface area contributed by atoms with Crippen molar-refractivity contribution < 1.29 is 23.0 Å². The number of rotatable bonds is 7. The number of halogens is 2. The standard InChI is InChI=1S/C19H20F2N2O3/c20-18(21)26-15-7-5-13(6-8-15)9-10-22-19(24)23-12-16-11-14-3-1-2-4-17(14)25-16/h1-8,16,18H,9-12H2,(H2,22,23,24). The van der Waals surface area contributed by atoms with Gasteiger partial charge in [-0.05, 0) is 35.7 Å². The van der Waals surface area contributed by atoms with Gasteiger partial charge in [0, 0.05) is 13.0 Å². The van der Waals surface area contributed by atoms with Crippen molar-refractivity contribution in [2.24, 2.45) is 0 Å². The van der Waals surface area contributed by atoms with E-state index >= 15 is 0 Å². The van der Waals surface area contributed by atoms with Gasteiger partial charge in [-0.2, -0.15) is 8.78 Å². The minimum absolute atomic E-state index is 0.0551. The van der Waals surface area contributed by atoms with Gasteiger partial charge in [0.05, 0.1) is 6.54 Å². The Labute approximate surface area is 150 Å². The van der Waals surface area contributed by atoms with Gasteiger partial charge in [0.2, 0.25) is 0 Å². The number of nitrogens with one attached hydrogen (secondary N) is 2. The fourth-order valence-electron chi connectivity index (χ4n) is 2.79. The van der Waals surface area contributed by atoms with Crippen molar-refractivity contribution in [1.29, 1.82) is 0 Å². The summed E-state index contributed by atoms with van der Waals surface area (Å²) < 4.78 is 34.2. The molecule has 0 radical (unpaired) electrons. The van der Waals surface area contributed by atoms with E-state index in [9.17, 15) is 13.6 Å². The van der Waals surface area contributed by atoms with E-state index in [1.165, 1.54) is 12.1 Å². The molecule has 0 saturated heterocycles. The monoisotopic (exact) mass is 362 g/mol. The second-order valence-electron chi connectivity index (χ2n) is 5.96. The molecule has 5 nitrogen and oxygen atoms in total. The van der Waals surface area contributed by atoms with Crippen molar-refractivity contribution in [3.63, 3.8) is 0 Å². The number of ether oxygens (including phenoxy) is 2. The van der Waals surface area contributed by atoms with Crippen LogP contribution in [0.3, 0.4) is 0 Å². The van der Waals surface area contributed by atoms with E-state index < -0.39 is 6.61 Å². The summed E-state index contributed by atoms with van der Waals surface area (Å²) in [7, 11) is 0. The van der Waals surface area contributed by atoms with Gasteiger partial charge >= 0.3 is 12.6 Å². The number of benzene rings is 2. The molecule has 7 heteroatoms. The molecule has 1 aliphatic heterocycles. The lowest BCUT2D eigenvalue weighted by Gasteiger charge is -2.13. The minimum atomic E-state index is -2.83. The predicted molar refractivity (Wildman–Crippen MR) is 92.7 cm³/mol. The molecule has 2 N–H and O–H groups in total. The molecule has 1 heterocycles. The van der Waals surface area contributed by atoms with Gasteiger partial charge in [-0.3, -0.25) is 0 Å². The van der Waals surface area contributed by atoms with E-state index in [4.69, 9.17) is 4.74 Å². The van der Waals surface area contributed by atoms with E-state index in [-0.39, 0.29) is 17.9 Å². The Morgan fingerprint density at radius 3 is 2.65 bits per heavy atom. The second-order valence-corrected chi connectivity index (χ2v) is 5.96. The second kappa shape index (κ2) is 8.51. The molecule has 2 amide bonds. The number of carbonyl (C=O) groups is 1. The number of para-hydroxylation sites is 1. The quantitative estimate of drug-likeness (QED) is 0.796. The van der Waals surface area contributed by atoms with Crippen LogP contribution in [-0.2, 0) is 12.8 Å². The molecule has 1 aliphatic rings. The Morgan fingerprint density at radius 2 is 1.92 bits per heavy atom. The Balaban J connectivity index is 1.33. The molecule has 0 bridgehead atoms. The lowest BCUT2D eigenvalue weighted by molar-refractivity contribution is -0.0498. The van der Waals surface area contributed by atoms with E-state index in [2.05, 4.69) is 15.4 Å². The smallest absolute Gasteiger partial charge is 0.387 e. The van der Waals surface area contributed by atoms with Crippen LogP contribution in [0.25, 0.3) is 0 Å². The fraction of sp³-hybridized carbons (Fsp3) is 0.316. The maximum absolute atomic E-state index is 12.1. The average Bonchev–Trinajstić information content (AvgIpc) is 3.04. The van der Waals surface area contributed by atoms with Crippen LogP contribution in [0, 0.1) is 0 Å². The van der Waals surface area contributed by atoms with Crippen LogP contribution < -0.4 is 20.1 Å². The maximum Gasteiger partial charge on any atom is 0.387 e. The SMILES string of the molecule is O=C(NCCc1ccc(OC(F)F)cc1)NCC1Cc2ccccc2O1. The first-order valence-corrected chi connectivity index (χ1v) is 8.40. The lowest BCUT2D eigenvalue weighted by Crippen LogP contribution is -2.41. The number of alkyl halides is 2. The summed E-state index contributed by atoms with van der Waals surface area (Å²) >= 11 is 0. The maximum atomic E-state index is 12.1. The number of urea groups is 1. The summed E-state index contributed by atoms with van der Waals surface area (Å²) in [4.78, 5) is 11.9. The van der Waals surface area contributed by atoms with Crippen LogP contribution in [0.2, 0.25) is 0 Å². The zero-order valence-corrected chi connectivity index (χ0v) is 14.1. The molecule has 3 rings (SSSR count). The topological polar surface area (TPSA) is 59.6 Å². The zero-order chi connectivity index (χ0) is 18.4. The normalized spacial score (nSPS) is 15.3. The van der Waals surface area contributed by atoms with E-state index in [1.807, 2.05) is 24.3 Å². The van der Waals surface area contributed by atoms with E-state index in [1.54, 1.807) is 12.1 Å². The molecule has 2 aromatic rings. The molecule has 138 valence electrons. The van der Waals surface area contributed by atoms with Gasteiger partial charge in [-0.25, -0.2) is 4.79 Å². The first kappa shape index (κ1) is 18.0. The molecule has 26 heavy (non-hydrogen) atoms. The molecule has 2 aromatic carbocycles. The van der Waals surface area contributed by atoms with Crippen molar-refractivity contribution in [2.45, 2.75) is 25.6 Å². The summed E-state index contributed by atoms with van der Waals surface area (Å²) in [5.74, 6) is 0.992. The Hall–Kier alpha value is -2.83. The van der Waals surface area contributed by atoms with Crippen LogP contribution in [0.5, 0.6) is 11.5 Å². The number of hydrogen-bond acceptors (Lipinski definition) is 3. The first-order chi connectivity index (χ1) is 12.6. The Bertz CT molecular complexity index is 713. The van der Waals surface area contributed by atoms with Gasteiger partial charge in [-0.1, -0.05) is 30.3 Å². The van der Waals surface area contributed by atoms with Crippen LogP contribution >= 0.6 is 0 Å². The van der Waals surface area contributed by atoms with Crippen LogP contribution in [0.4, 0.5) is 13.6 Å². The van der Waals surface area contributed by atoms with Crippen molar-refractivity contribution in [1.82, 2.24) is 10.6 Å². The Morgan fingerprint density at radius 1 is 1.15 bits per heavy atom. The molecule has 0 aromatic heterocycles. The van der Waals surface area contributed by atoms with Crippen molar-refractivity contribution in [3.8, 4) is 11.5 Å². The van der Waals surface area contributed by atoms with Crippen molar-refractivity contribution in [3.05, 3.63) is 59.7 Å². The van der Waals surface area contributed by atoms with Crippen molar-refractivity contribution >= 4 is 6.03 Å². The third-order valence-electron chi connectivity index (χ3n) is 4.05. The first-order valence-electron chi connectivity index (χ1n) is 8.40. The minimum Gasteiger partial charge on any atom is -0.488 e. The Kier molecular flexibility index (Phi) is 5.88. The molecule has 0 saturated carbocycles. The van der Waals surface area contributed by atoms with Crippen LogP contribution in [-0.4, -0.2) is 31.8 Å². The molecule has 1 atom stereocenters.